The summed E-state index contributed by atoms with van der Waals surface area (Å²) in [5.41, 5.74) is 3.19. The largest absolute Gasteiger partial charge is 0.0828 e. The zero-order chi connectivity index (χ0) is 14.3. The van der Waals surface area contributed by atoms with Crippen molar-refractivity contribution in [3.63, 3.8) is 0 Å². The van der Waals surface area contributed by atoms with Crippen LogP contribution in [0.3, 0.4) is 0 Å². The van der Waals surface area contributed by atoms with Crippen LogP contribution in [0.4, 0.5) is 0 Å². The van der Waals surface area contributed by atoms with Gasteiger partial charge in [0.05, 0.1) is 0 Å². The van der Waals surface area contributed by atoms with Crippen molar-refractivity contribution in [2.45, 2.75) is 79.6 Å². The standard InChI is InChI=1S/C11H20.C8H14/c1-4-11-6-5-9(2)7-10(3)8-11;1-7-4-3-5-8(2)6-7/h7,10-11H,4-6,8H2,1-3H3;6-7H,3-5H2,1-2H3. The van der Waals surface area contributed by atoms with Crippen LogP contribution >= 0.6 is 0 Å². The Hall–Kier alpha value is -0.520. The summed E-state index contributed by atoms with van der Waals surface area (Å²) in [6, 6.07) is 0. The SMILES string of the molecule is CC1=CC(C)CCC1.CCC1CCC(C)=CC(C)C1. The van der Waals surface area contributed by atoms with Crippen LogP contribution in [-0.4, -0.2) is 0 Å². The number of rotatable bonds is 1. The molecule has 0 fully saturated rings. The highest BCUT2D eigenvalue weighted by molar-refractivity contribution is 5.03. The van der Waals surface area contributed by atoms with E-state index >= 15 is 0 Å². The molecule has 2 aliphatic rings. The molecule has 0 saturated heterocycles. The third kappa shape index (κ3) is 6.99. The molecule has 3 unspecified atom stereocenters. The lowest BCUT2D eigenvalue weighted by atomic mass is 9.93. The Labute approximate surface area is 121 Å². The van der Waals surface area contributed by atoms with E-state index in [2.05, 4.69) is 46.8 Å². The van der Waals surface area contributed by atoms with Crippen molar-refractivity contribution >= 4 is 0 Å². The molecular formula is C19H34. The van der Waals surface area contributed by atoms with Gasteiger partial charge in [-0.2, -0.15) is 0 Å². The summed E-state index contributed by atoms with van der Waals surface area (Å²) >= 11 is 0. The normalized spacial score (nSPS) is 31.5. The molecule has 3 atom stereocenters. The minimum atomic E-state index is 0.822. The molecule has 2 aliphatic carbocycles. The van der Waals surface area contributed by atoms with Crippen molar-refractivity contribution in [3.8, 4) is 0 Å². The van der Waals surface area contributed by atoms with Gasteiger partial charge in [0.15, 0.2) is 0 Å². The first-order valence-corrected chi connectivity index (χ1v) is 8.35. The molecule has 0 bridgehead atoms. The fourth-order valence-corrected chi connectivity index (χ4v) is 3.44. The number of hydrogen-bond acceptors (Lipinski definition) is 0. The van der Waals surface area contributed by atoms with Gasteiger partial charge < -0.3 is 0 Å². The van der Waals surface area contributed by atoms with E-state index in [9.17, 15) is 0 Å². The van der Waals surface area contributed by atoms with Gasteiger partial charge in [0.25, 0.3) is 0 Å². The summed E-state index contributed by atoms with van der Waals surface area (Å²) in [4.78, 5) is 0. The molecule has 0 saturated carbocycles. The first-order chi connectivity index (χ1) is 9.01. The van der Waals surface area contributed by atoms with Gasteiger partial charge >= 0.3 is 0 Å². The third-order valence-corrected chi connectivity index (χ3v) is 4.60. The monoisotopic (exact) mass is 262 g/mol. The molecule has 0 aromatic heterocycles. The molecule has 0 aromatic rings. The zero-order valence-corrected chi connectivity index (χ0v) is 13.8. The van der Waals surface area contributed by atoms with E-state index in [1.165, 1.54) is 44.9 Å². The minimum absolute atomic E-state index is 0.822. The number of allylic oxidation sites excluding steroid dienone is 4. The van der Waals surface area contributed by atoms with Gasteiger partial charge in [-0.25, -0.2) is 0 Å². The molecule has 0 nitrogen and oxygen atoms in total. The molecule has 0 heteroatoms. The molecule has 0 aromatic carbocycles. The molecule has 0 N–H and O–H groups in total. The van der Waals surface area contributed by atoms with Crippen LogP contribution in [0.5, 0.6) is 0 Å². The van der Waals surface area contributed by atoms with Crippen LogP contribution in [0.25, 0.3) is 0 Å². The molecule has 0 aliphatic heterocycles. The molecular weight excluding hydrogens is 228 g/mol. The van der Waals surface area contributed by atoms with Gasteiger partial charge in [-0.05, 0) is 70.1 Å². The van der Waals surface area contributed by atoms with E-state index in [4.69, 9.17) is 0 Å². The summed E-state index contributed by atoms with van der Waals surface area (Å²) in [7, 11) is 0. The van der Waals surface area contributed by atoms with Crippen molar-refractivity contribution in [2.75, 3.05) is 0 Å². The molecule has 0 heterocycles. The van der Waals surface area contributed by atoms with Gasteiger partial charge in [-0.3, -0.25) is 0 Å². The van der Waals surface area contributed by atoms with E-state index < -0.39 is 0 Å². The minimum Gasteiger partial charge on any atom is -0.0828 e. The predicted molar refractivity (Wildman–Crippen MR) is 87.3 cm³/mol. The van der Waals surface area contributed by atoms with Crippen molar-refractivity contribution in [1.82, 2.24) is 0 Å². The summed E-state index contributed by atoms with van der Waals surface area (Å²) in [6.07, 6.45) is 14.5. The third-order valence-electron chi connectivity index (χ3n) is 4.60. The fraction of sp³-hybridized carbons (Fsp3) is 0.789. The molecule has 0 amide bonds. The lowest BCUT2D eigenvalue weighted by Crippen LogP contribution is -2.00. The van der Waals surface area contributed by atoms with Gasteiger partial charge in [0.2, 0.25) is 0 Å². The van der Waals surface area contributed by atoms with E-state index in [-0.39, 0.29) is 0 Å². The van der Waals surface area contributed by atoms with Crippen molar-refractivity contribution in [3.05, 3.63) is 23.3 Å². The van der Waals surface area contributed by atoms with Crippen LogP contribution in [0.1, 0.15) is 79.6 Å². The van der Waals surface area contributed by atoms with Crippen LogP contribution < -0.4 is 0 Å². The van der Waals surface area contributed by atoms with Crippen LogP contribution in [0.2, 0.25) is 0 Å². The molecule has 2 rings (SSSR count). The van der Waals surface area contributed by atoms with E-state index in [1.54, 1.807) is 11.1 Å². The quantitative estimate of drug-likeness (QED) is 0.471. The van der Waals surface area contributed by atoms with Gasteiger partial charge in [-0.15, -0.1) is 0 Å². The second kappa shape index (κ2) is 8.61. The topological polar surface area (TPSA) is 0 Å². The first-order valence-electron chi connectivity index (χ1n) is 8.35. The van der Waals surface area contributed by atoms with E-state index in [0.717, 1.165) is 17.8 Å². The van der Waals surface area contributed by atoms with Gasteiger partial charge in [0, 0.05) is 0 Å². The Bertz CT molecular complexity index is 308. The maximum Gasteiger partial charge on any atom is -0.0257 e. The highest BCUT2D eigenvalue weighted by atomic mass is 14.2. The molecule has 19 heavy (non-hydrogen) atoms. The average molecular weight is 262 g/mol. The fourth-order valence-electron chi connectivity index (χ4n) is 3.44. The Balaban J connectivity index is 0.000000200. The second-order valence-electron chi connectivity index (χ2n) is 6.92. The summed E-state index contributed by atoms with van der Waals surface area (Å²) < 4.78 is 0. The first kappa shape index (κ1) is 16.5. The predicted octanol–water partition coefficient (Wildman–Crippen LogP) is 6.53. The maximum atomic E-state index is 2.45. The molecule has 0 radical (unpaired) electrons. The van der Waals surface area contributed by atoms with Crippen LogP contribution in [-0.2, 0) is 0 Å². The highest BCUT2D eigenvalue weighted by Crippen LogP contribution is 2.28. The summed E-state index contributed by atoms with van der Waals surface area (Å²) in [5.74, 6) is 2.66. The Morgan fingerprint density at radius 1 is 0.947 bits per heavy atom. The average Bonchev–Trinajstić information content (AvgIpc) is 2.50. The summed E-state index contributed by atoms with van der Waals surface area (Å²) in [5, 5.41) is 0. The number of hydrogen-bond donors (Lipinski definition) is 0. The highest BCUT2D eigenvalue weighted by Gasteiger charge is 2.13. The Morgan fingerprint density at radius 2 is 1.58 bits per heavy atom. The van der Waals surface area contributed by atoms with Gasteiger partial charge in [0.1, 0.15) is 0 Å². The zero-order valence-electron chi connectivity index (χ0n) is 13.8. The smallest absolute Gasteiger partial charge is 0.0257 e. The van der Waals surface area contributed by atoms with Crippen molar-refractivity contribution in [2.24, 2.45) is 17.8 Å². The van der Waals surface area contributed by atoms with E-state index in [1.807, 2.05) is 0 Å². The molecule has 0 spiro atoms. The van der Waals surface area contributed by atoms with Crippen LogP contribution in [0, 0.1) is 17.8 Å². The lowest BCUT2D eigenvalue weighted by Gasteiger charge is -2.13. The van der Waals surface area contributed by atoms with Crippen molar-refractivity contribution in [1.29, 1.82) is 0 Å². The lowest BCUT2D eigenvalue weighted by molar-refractivity contribution is 0.407. The maximum absolute atomic E-state index is 2.45. The Morgan fingerprint density at radius 3 is 2.11 bits per heavy atom. The molecule has 110 valence electrons. The van der Waals surface area contributed by atoms with Gasteiger partial charge in [-0.1, -0.05) is 50.5 Å². The van der Waals surface area contributed by atoms with Crippen LogP contribution in [0.15, 0.2) is 23.3 Å². The second-order valence-corrected chi connectivity index (χ2v) is 6.92. The Kier molecular flexibility index (Phi) is 7.49. The summed E-state index contributed by atoms with van der Waals surface area (Å²) in [6.45, 7) is 11.5. The van der Waals surface area contributed by atoms with E-state index in [0.29, 0.717) is 0 Å². The van der Waals surface area contributed by atoms with Crippen molar-refractivity contribution < 1.29 is 0 Å².